The number of rotatable bonds is 6. The number of amides is 1. The molecule has 1 aliphatic rings. The first kappa shape index (κ1) is 33.1. The normalized spacial score (nSPS) is 19.5. The molecule has 0 bridgehead atoms. The van der Waals surface area contributed by atoms with Crippen molar-refractivity contribution >= 4 is 17.7 Å². The van der Waals surface area contributed by atoms with E-state index in [1.165, 1.54) is 6.07 Å². The molecule has 3 heterocycles. The number of pyridine rings is 1. The van der Waals surface area contributed by atoms with Gasteiger partial charge >= 0.3 is 18.2 Å². The summed E-state index contributed by atoms with van der Waals surface area (Å²) in [5.74, 6) is -3.64. The van der Waals surface area contributed by atoms with Gasteiger partial charge in [0.15, 0.2) is 11.4 Å². The van der Waals surface area contributed by atoms with Gasteiger partial charge in [-0.1, -0.05) is 6.07 Å². The third kappa shape index (κ3) is 7.65. The minimum Gasteiger partial charge on any atom is -0.485 e. The number of carbonyl (C=O) groups excluding carboxylic acids is 2. The van der Waals surface area contributed by atoms with E-state index in [2.05, 4.69) is 10.3 Å². The van der Waals surface area contributed by atoms with Gasteiger partial charge in [-0.15, -0.1) is 0 Å². The third-order valence-corrected chi connectivity index (χ3v) is 7.17. The topological polar surface area (TPSA) is 91.2 Å². The first-order valence-electron chi connectivity index (χ1n) is 14.2. The molecule has 1 N–H and O–H groups in total. The standard InChI is InChI=1S/C30H36F5N4O5/c1-18-13-25(42-17-21-22(31)10-8-11-23(21)32)26-37-19(2)24(38(26)15-18)14-36-20-9-6-7-12-39(16-20,28(41)43-29(3,4)5)44-27(40)30(33,34)35/h8,10-11,13,15,20,36H,6-7,9,12,14,16-17H2,1-5H3/q+1. The number of alkyl halides is 3. The Morgan fingerprint density at radius 3 is 2.43 bits per heavy atom. The van der Waals surface area contributed by atoms with Gasteiger partial charge in [0.25, 0.3) is 0 Å². The number of hydrogen-bond donors (Lipinski definition) is 1. The molecule has 44 heavy (non-hydrogen) atoms. The molecule has 1 aliphatic heterocycles. The van der Waals surface area contributed by atoms with Gasteiger partial charge < -0.3 is 14.8 Å². The number of quaternary nitrogens is 1. The van der Waals surface area contributed by atoms with E-state index in [0.29, 0.717) is 42.0 Å². The highest BCUT2D eigenvalue weighted by molar-refractivity contribution is 5.75. The second-order valence-electron chi connectivity index (χ2n) is 11.9. The zero-order valence-electron chi connectivity index (χ0n) is 25.2. The van der Waals surface area contributed by atoms with Gasteiger partial charge in [-0.25, -0.2) is 18.6 Å². The van der Waals surface area contributed by atoms with E-state index in [1.54, 1.807) is 38.2 Å². The summed E-state index contributed by atoms with van der Waals surface area (Å²) in [5.41, 5.74) is 1.22. The Kier molecular flexibility index (Phi) is 9.54. The summed E-state index contributed by atoms with van der Waals surface area (Å²) in [5, 5.41) is 3.30. The van der Waals surface area contributed by atoms with Gasteiger partial charge in [-0.05, 0) is 75.9 Å². The Labute approximate surface area is 251 Å². The van der Waals surface area contributed by atoms with Crippen molar-refractivity contribution in [2.75, 3.05) is 13.1 Å². The van der Waals surface area contributed by atoms with Crippen LogP contribution < -0.4 is 10.1 Å². The highest BCUT2D eigenvalue weighted by atomic mass is 19.4. The Morgan fingerprint density at radius 2 is 1.80 bits per heavy atom. The number of aryl methyl sites for hydroxylation is 2. The molecule has 0 radical (unpaired) electrons. The first-order chi connectivity index (χ1) is 20.5. The average Bonchev–Trinajstić information content (AvgIpc) is 3.07. The fourth-order valence-corrected chi connectivity index (χ4v) is 5.09. The highest BCUT2D eigenvalue weighted by Gasteiger charge is 2.54. The zero-order valence-corrected chi connectivity index (χ0v) is 25.2. The Bertz CT molecular complexity index is 1510. The van der Waals surface area contributed by atoms with Crippen molar-refractivity contribution in [3.63, 3.8) is 0 Å². The number of hydroxylamine groups is 3. The van der Waals surface area contributed by atoms with E-state index in [4.69, 9.17) is 14.3 Å². The summed E-state index contributed by atoms with van der Waals surface area (Å²) in [6, 6.07) is 4.71. The fraction of sp³-hybridized carbons (Fsp3) is 0.500. The highest BCUT2D eigenvalue weighted by Crippen LogP contribution is 2.29. The number of likely N-dealkylation sites (tertiary alicyclic amines) is 1. The van der Waals surface area contributed by atoms with Gasteiger partial charge in [-0.2, -0.15) is 18.0 Å². The van der Waals surface area contributed by atoms with Crippen molar-refractivity contribution in [1.29, 1.82) is 0 Å². The van der Waals surface area contributed by atoms with Crippen LogP contribution in [0.4, 0.5) is 26.7 Å². The molecule has 240 valence electrons. The van der Waals surface area contributed by atoms with Crippen LogP contribution in [-0.2, 0) is 27.5 Å². The number of nitrogens with one attached hydrogen (secondary N) is 1. The van der Waals surface area contributed by atoms with E-state index < -0.39 is 46.2 Å². The number of halogens is 5. The van der Waals surface area contributed by atoms with Crippen LogP contribution in [0.1, 0.15) is 62.5 Å². The molecule has 2 atom stereocenters. The van der Waals surface area contributed by atoms with E-state index in [9.17, 15) is 31.5 Å². The number of nitrogens with zero attached hydrogens (tertiary/aromatic N) is 3. The molecule has 1 amide bonds. The largest absolute Gasteiger partial charge is 0.559 e. The number of aromatic nitrogens is 2. The summed E-state index contributed by atoms with van der Waals surface area (Å²) in [7, 11) is 0. The molecular formula is C30H36F5N4O5+. The minimum atomic E-state index is -5.30. The van der Waals surface area contributed by atoms with Crippen LogP contribution in [0.25, 0.3) is 5.65 Å². The molecule has 9 nitrogen and oxygen atoms in total. The van der Waals surface area contributed by atoms with Crippen molar-refractivity contribution in [3.8, 4) is 5.75 Å². The lowest BCUT2D eigenvalue weighted by molar-refractivity contribution is -1.03. The molecule has 2 unspecified atom stereocenters. The molecule has 3 aromatic rings. The van der Waals surface area contributed by atoms with Gasteiger partial charge in [0.1, 0.15) is 36.9 Å². The lowest BCUT2D eigenvalue weighted by Crippen LogP contribution is -2.60. The third-order valence-electron chi connectivity index (χ3n) is 7.17. The average molecular weight is 628 g/mol. The number of imidazole rings is 1. The number of hydrogen-bond acceptors (Lipinski definition) is 7. The first-order valence-corrected chi connectivity index (χ1v) is 14.2. The summed E-state index contributed by atoms with van der Waals surface area (Å²) < 4.78 is 79.8. The van der Waals surface area contributed by atoms with Gasteiger partial charge in [0.2, 0.25) is 0 Å². The van der Waals surface area contributed by atoms with Crippen LogP contribution in [0.5, 0.6) is 5.75 Å². The van der Waals surface area contributed by atoms with Crippen molar-refractivity contribution in [2.24, 2.45) is 0 Å². The Balaban J connectivity index is 1.58. The molecular weight excluding hydrogens is 591 g/mol. The maximum absolute atomic E-state index is 14.2. The quantitative estimate of drug-likeness (QED) is 0.256. The molecule has 1 aromatic carbocycles. The summed E-state index contributed by atoms with van der Waals surface area (Å²) >= 11 is 0. The van der Waals surface area contributed by atoms with Crippen molar-refractivity contribution < 1.29 is 50.5 Å². The van der Waals surface area contributed by atoms with Crippen LogP contribution in [0.3, 0.4) is 0 Å². The second kappa shape index (κ2) is 12.7. The smallest absolute Gasteiger partial charge is 0.485 e. The SMILES string of the molecule is Cc1cc(OCc2c(F)cccc2F)c2nc(C)c(CNC3CCCC[N+](OC(=O)C(F)(F)F)(C(=O)OC(C)(C)C)C3)n2c1. The number of benzene rings is 1. The van der Waals surface area contributed by atoms with Crippen LogP contribution in [0, 0.1) is 25.5 Å². The maximum atomic E-state index is 14.2. The van der Waals surface area contributed by atoms with Crippen LogP contribution in [-0.4, -0.2) is 57.0 Å². The number of carbonyl (C=O) groups is 2. The maximum Gasteiger partial charge on any atom is 0.559 e. The fourth-order valence-electron chi connectivity index (χ4n) is 5.09. The van der Waals surface area contributed by atoms with E-state index in [-0.39, 0.29) is 31.8 Å². The minimum absolute atomic E-state index is 0.175. The zero-order chi connectivity index (χ0) is 32.4. The monoisotopic (exact) mass is 627 g/mol. The summed E-state index contributed by atoms with van der Waals surface area (Å²) in [4.78, 5) is 34.7. The van der Waals surface area contributed by atoms with Crippen LogP contribution in [0.15, 0.2) is 30.5 Å². The molecule has 0 aliphatic carbocycles. The molecule has 4 rings (SSSR count). The molecule has 2 aromatic heterocycles. The summed E-state index contributed by atoms with van der Waals surface area (Å²) in [6.45, 7) is 7.65. The van der Waals surface area contributed by atoms with E-state index in [1.807, 2.05) is 13.1 Å². The lowest BCUT2D eigenvalue weighted by atomic mass is 10.1. The van der Waals surface area contributed by atoms with Crippen molar-refractivity contribution in [2.45, 2.75) is 84.9 Å². The number of ether oxygens (including phenoxy) is 2. The van der Waals surface area contributed by atoms with Crippen molar-refractivity contribution in [3.05, 3.63) is 64.6 Å². The van der Waals surface area contributed by atoms with Gasteiger partial charge in [0, 0.05) is 19.2 Å². The number of fused-ring (bicyclic) bond motifs is 1. The van der Waals surface area contributed by atoms with Crippen LogP contribution in [0.2, 0.25) is 0 Å². The molecule has 1 fully saturated rings. The molecule has 0 saturated carbocycles. The Morgan fingerprint density at radius 1 is 1.11 bits per heavy atom. The lowest BCUT2D eigenvalue weighted by Gasteiger charge is -2.34. The predicted molar refractivity (Wildman–Crippen MR) is 148 cm³/mol. The summed E-state index contributed by atoms with van der Waals surface area (Å²) in [6.07, 6.45) is -3.21. The molecule has 14 heteroatoms. The van der Waals surface area contributed by atoms with Gasteiger partial charge in [-0.3, -0.25) is 9.24 Å². The van der Waals surface area contributed by atoms with Crippen LogP contribution >= 0.6 is 0 Å². The van der Waals surface area contributed by atoms with Gasteiger partial charge in [0.05, 0.1) is 23.0 Å². The molecule has 1 saturated heterocycles. The van der Waals surface area contributed by atoms with Crippen molar-refractivity contribution in [1.82, 2.24) is 14.7 Å². The van der Waals surface area contributed by atoms with E-state index in [0.717, 1.165) is 17.7 Å². The Hall–Kier alpha value is -3.78. The van der Waals surface area contributed by atoms with E-state index >= 15 is 0 Å². The molecule has 0 spiro atoms. The predicted octanol–water partition coefficient (Wildman–Crippen LogP) is 6.22. The second-order valence-corrected chi connectivity index (χ2v) is 11.9.